The Morgan fingerprint density at radius 1 is 1.25 bits per heavy atom. The number of ether oxygens (including phenoxy) is 3. The van der Waals surface area contributed by atoms with Crippen molar-refractivity contribution < 1.29 is 42.2 Å². The summed E-state index contributed by atoms with van der Waals surface area (Å²) in [5, 5.41) is 0. The van der Waals surface area contributed by atoms with E-state index in [9.17, 15) is 28.0 Å². The van der Waals surface area contributed by atoms with Gasteiger partial charge in [-0.15, -0.1) is 0 Å². The molecule has 0 amide bonds. The first-order valence-corrected chi connectivity index (χ1v) is 8.53. The molecule has 152 valence electrons. The van der Waals surface area contributed by atoms with Crippen molar-refractivity contribution in [2.75, 3.05) is 13.7 Å². The summed E-state index contributed by atoms with van der Waals surface area (Å²) in [4.78, 5) is 48.9. The van der Waals surface area contributed by atoms with Gasteiger partial charge in [0.2, 0.25) is 0 Å². The molecule has 0 N–H and O–H groups in total. The standard InChI is InChI=1S/C19H20F2O7/c1-4-27-17(25)19(20,21)15(28-16(24)11-8-6-5-7-9-11)12-10-13(22)18(2,26-3)14(12)23/h5-9,12,15H,4,10H2,1-3H3/t12-,15-,18?/m1/s1. The smallest absolute Gasteiger partial charge is 0.381 e. The van der Waals surface area contributed by atoms with Gasteiger partial charge < -0.3 is 14.2 Å². The zero-order valence-electron chi connectivity index (χ0n) is 15.6. The van der Waals surface area contributed by atoms with Crippen molar-refractivity contribution in [3.05, 3.63) is 35.9 Å². The van der Waals surface area contributed by atoms with Crippen molar-refractivity contribution in [2.24, 2.45) is 5.92 Å². The van der Waals surface area contributed by atoms with Gasteiger partial charge in [-0.05, 0) is 26.0 Å². The van der Waals surface area contributed by atoms with E-state index < -0.39 is 53.5 Å². The van der Waals surface area contributed by atoms with Crippen LogP contribution in [0.3, 0.4) is 0 Å². The number of alkyl halides is 2. The van der Waals surface area contributed by atoms with Crippen molar-refractivity contribution in [3.8, 4) is 0 Å². The SMILES string of the molecule is CCOC(=O)C(F)(F)[C@H](OC(=O)c1ccccc1)[C@@H]1CC(=O)C(C)(OC)C1=O. The fraction of sp³-hybridized carbons (Fsp3) is 0.474. The van der Waals surface area contributed by atoms with Gasteiger partial charge >= 0.3 is 17.9 Å². The summed E-state index contributed by atoms with van der Waals surface area (Å²) in [6.45, 7) is 2.13. The first-order valence-electron chi connectivity index (χ1n) is 8.53. The molecule has 1 aromatic carbocycles. The van der Waals surface area contributed by atoms with Gasteiger partial charge in [-0.1, -0.05) is 18.2 Å². The molecule has 7 nitrogen and oxygen atoms in total. The quantitative estimate of drug-likeness (QED) is 0.512. The molecule has 1 fully saturated rings. The Kier molecular flexibility index (Phi) is 6.28. The van der Waals surface area contributed by atoms with Crippen molar-refractivity contribution in [1.82, 2.24) is 0 Å². The average Bonchev–Trinajstić information content (AvgIpc) is 2.90. The van der Waals surface area contributed by atoms with E-state index in [1.807, 2.05) is 0 Å². The van der Waals surface area contributed by atoms with E-state index in [4.69, 9.17) is 9.47 Å². The number of halogens is 2. The maximum Gasteiger partial charge on any atom is 0.381 e. The van der Waals surface area contributed by atoms with Crippen LogP contribution in [0.2, 0.25) is 0 Å². The molecule has 2 rings (SSSR count). The van der Waals surface area contributed by atoms with Gasteiger partial charge in [0, 0.05) is 13.5 Å². The van der Waals surface area contributed by atoms with Crippen LogP contribution in [0.1, 0.15) is 30.6 Å². The zero-order chi connectivity index (χ0) is 21.1. The number of Topliss-reactive ketones (excluding diaryl/α,β-unsaturated/α-hetero) is 2. The van der Waals surface area contributed by atoms with E-state index >= 15 is 0 Å². The first kappa shape index (κ1) is 21.6. The normalized spacial score (nSPS) is 23.4. The second-order valence-electron chi connectivity index (χ2n) is 6.37. The molecule has 0 radical (unpaired) electrons. The third kappa shape index (κ3) is 3.80. The summed E-state index contributed by atoms with van der Waals surface area (Å²) < 4.78 is 43.8. The van der Waals surface area contributed by atoms with Crippen LogP contribution in [0.25, 0.3) is 0 Å². The summed E-state index contributed by atoms with van der Waals surface area (Å²) >= 11 is 0. The Bertz CT molecular complexity index is 778. The highest BCUT2D eigenvalue weighted by Gasteiger charge is 2.63. The maximum atomic E-state index is 14.8. The highest BCUT2D eigenvalue weighted by molar-refractivity contribution is 6.17. The van der Waals surface area contributed by atoms with E-state index in [1.54, 1.807) is 6.07 Å². The molecule has 0 saturated heterocycles. The molecule has 0 aromatic heterocycles. The third-order valence-corrected chi connectivity index (χ3v) is 4.67. The van der Waals surface area contributed by atoms with E-state index in [-0.39, 0.29) is 12.2 Å². The molecule has 0 bridgehead atoms. The van der Waals surface area contributed by atoms with Crippen LogP contribution < -0.4 is 0 Å². The lowest BCUT2D eigenvalue weighted by molar-refractivity contribution is -0.194. The van der Waals surface area contributed by atoms with Crippen LogP contribution in [-0.4, -0.2) is 54.8 Å². The number of carbonyl (C=O) groups is 4. The number of hydrogen-bond acceptors (Lipinski definition) is 7. The summed E-state index contributed by atoms with van der Waals surface area (Å²) in [5.41, 5.74) is -2.01. The lowest BCUT2D eigenvalue weighted by Crippen LogP contribution is -2.52. The molecular formula is C19H20F2O7. The summed E-state index contributed by atoms with van der Waals surface area (Å²) in [6.07, 6.45) is -3.18. The molecule has 0 spiro atoms. The van der Waals surface area contributed by atoms with Crippen LogP contribution in [-0.2, 0) is 28.6 Å². The minimum atomic E-state index is -4.35. The van der Waals surface area contributed by atoms with Gasteiger partial charge in [0.1, 0.15) is 0 Å². The third-order valence-electron chi connectivity index (χ3n) is 4.67. The molecule has 1 aliphatic rings. The number of carbonyl (C=O) groups excluding carboxylic acids is 4. The van der Waals surface area contributed by atoms with Gasteiger partial charge in [0.15, 0.2) is 23.3 Å². The average molecular weight is 398 g/mol. The molecule has 3 atom stereocenters. The molecule has 0 heterocycles. The van der Waals surface area contributed by atoms with Crippen LogP contribution in [0.5, 0.6) is 0 Å². The number of methoxy groups -OCH3 is 1. The fourth-order valence-corrected chi connectivity index (χ4v) is 2.95. The van der Waals surface area contributed by atoms with E-state index in [0.717, 1.165) is 14.0 Å². The Labute approximate surface area is 159 Å². The summed E-state index contributed by atoms with van der Waals surface area (Å²) in [6, 6.07) is 7.22. The Hall–Kier alpha value is -2.68. The Morgan fingerprint density at radius 2 is 1.86 bits per heavy atom. The van der Waals surface area contributed by atoms with E-state index in [2.05, 4.69) is 4.74 Å². The number of benzene rings is 1. The lowest BCUT2D eigenvalue weighted by Gasteiger charge is -2.29. The summed E-state index contributed by atoms with van der Waals surface area (Å²) in [7, 11) is 1.09. The van der Waals surface area contributed by atoms with Crippen molar-refractivity contribution >= 4 is 23.5 Å². The van der Waals surface area contributed by atoms with Crippen LogP contribution in [0.4, 0.5) is 8.78 Å². The fourth-order valence-electron chi connectivity index (χ4n) is 2.95. The zero-order valence-corrected chi connectivity index (χ0v) is 15.6. The molecule has 1 unspecified atom stereocenters. The Balaban J connectivity index is 2.42. The second kappa shape index (κ2) is 8.14. The lowest BCUT2D eigenvalue weighted by atomic mass is 9.91. The predicted octanol–water partition coefficient (Wildman–Crippen LogP) is 1.97. The first-order chi connectivity index (χ1) is 13.1. The second-order valence-corrected chi connectivity index (χ2v) is 6.37. The summed E-state index contributed by atoms with van der Waals surface area (Å²) in [5.74, 6) is -11.0. The predicted molar refractivity (Wildman–Crippen MR) is 90.8 cm³/mol. The van der Waals surface area contributed by atoms with Crippen LogP contribution in [0, 0.1) is 5.92 Å². The number of ketones is 2. The van der Waals surface area contributed by atoms with E-state index in [1.165, 1.54) is 31.2 Å². The highest BCUT2D eigenvalue weighted by Crippen LogP contribution is 2.39. The minimum Gasteiger partial charge on any atom is -0.461 e. The van der Waals surface area contributed by atoms with Gasteiger partial charge in [0.25, 0.3) is 0 Å². The van der Waals surface area contributed by atoms with Gasteiger partial charge in [0.05, 0.1) is 18.1 Å². The molecule has 1 aliphatic carbocycles. The Morgan fingerprint density at radius 3 is 2.36 bits per heavy atom. The van der Waals surface area contributed by atoms with Crippen molar-refractivity contribution in [2.45, 2.75) is 37.9 Å². The molecule has 1 saturated carbocycles. The minimum absolute atomic E-state index is 0.0570. The topological polar surface area (TPSA) is 96.0 Å². The van der Waals surface area contributed by atoms with Gasteiger partial charge in [-0.3, -0.25) is 9.59 Å². The van der Waals surface area contributed by atoms with Crippen LogP contribution in [0.15, 0.2) is 30.3 Å². The molecular weight excluding hydrogens is 378 g/mol. The highest BCUT2D eigenvalue weighted by atomic mass is 19.3. The molecule has 1 aromatic rings. The van der Waals surface area contributed by atoms with Crippen LogP contribution >= 0.6 is 0 Å². The number of rotatable bonds is 7. The molecule has 9 heteroatoms. The van der Waals surface area contributed by atoms with Crippen molar-refractivity contribution in [1.29, 1.82) is 0 Å². The molecule has 28 heavy (non-hydrogen) atoms. The monoisotopic (exact) mass is 398 g/mol. The van der Waals surface area contributed by atoms with Gasteiger partial charge in [-0.2, -0.15) is 8.78 Å². The van der Waals surface area contributed by atoms with E-state index in [0.29, 0.717) is 0 Å². The maximum absolute atomic E-state index is 14.8. The molecule has 0 aliphatic heterocycles. The number of esters is 2. The number of hydrogen-bond donors (Lipinski definition) is 0. The largest absolute Gasteiger partial charge is 0.461 e. The van der Waals surface area contributed by atoms with Gasteiger partial charge in [-0.25, -0.2) is 9.59 Å². The van der Waals surface area contributed by atoms with Crippen molar-refractivity contribution in [3.63, 3.8) is 0 Å².